The van der Waals surface area contributed by atoms with E-state index in [0.717, 1.165) is 4.31 Å². The average Bonchev–Trinajstić information content (AvgIpc) is 3.08. The van der Waals surface area contributed by atoms with E-state index in [4.69, 9.17) is 4.74 Å². The quantitative estimate of drug-likeness (QED) is 0.648. The first kappa shape index (κ1) is 21.5. The molecule has 0 spiro atoms. The minimum atomic E-state index is -4.02. The van der Waals surface area contributed by atoms with Crippen molar-refractivity contribution in [2.24, 2.45) is 5.92 Å². The van der Waals surface area contributed by atoms with Crippen LogP contribution in [0, 0.1) is 5.92 Å². The number of nitrogens with zero attached hydrogens (tertiary/aromatic N) is 2. The number of hydrogen-bond donors (Lipinski definition) is 2. The second-order valence-electron chi connectivity index (χ2n) is 7.40. The summed E-state index contributed by atoms with van der Waals surface area (Å²) in [7, 11) is -2.53. The van der Waals surface area contributed by atoms with Crippen molar-refractivity contribution >= 4 is 21.9 Å². The van der Waals surface area contributed by atoms with Crippen molar-refractivity contribution in [2.75, 3.05) is 33.3 Å². The summed E-state index contributed by atoms with van der Waals surface area (Å²) in [6, 6.07) is 4.34. The van der Waals surface area contributed by atoms with E-state index in [-0.39, 0.29) is 29.7 Å². The molecule has 2 aliphatic heterocycles. The molecule has 3 atom stereocenters. The Morgan fingerprint density at radius 3 is 2.55 bits per heavy atom. The molecule has 3 rings (SSSR count). The van der Waals surface area contributed by atoms with Gasteiger partial charge in [0, 0.05) is 19.1 Å². The summed E-state index contributed by atoms with van der Waals surface area (Å²) in [5.41, 5.74) is 0. The van der Waals surface area contributed by atoms with E-state index in [0.29, 0.717) is 31.8 Å². The monoisotopic (exact) mass is 425 g/mol. The van der Waals surface area contributed by atoms with E-state index in [9.17, 15) is 23.1 Å². The number of aliphatic carboxylic acids is 1. The van der Waals surface area contributed by atoms with Gasteiger partial charge in [0.2, 0.25) is 15.9 Å². The summed E-state index contributed by atoms with van der Waals surface area (Å²) < 4.78 is 32.9. The highest BCUT2D eigenvalue weighted by molar-refractivity contribution is 7.89. The van der Waals surface area contributed by atoms with Gasteiger partial charge in [-0.15, -0.1) is 0 Å². The minimum Gasteiger partial charge on any atom is -0.497 e. The van der Waals surface area contributed by atoms with Crippen LogP contribution in [-0.4, -0.2) is 80.0 Å². The lowest BCUT2D eigenvalue weighted by atomic mass is 9.91. The van der Waals surface area contributed by atoms with Gasteiger partial charge in [-0.1, -0.05) is 0 Å². The fraction of sp³-hybridized carbons (Fsp3) is 0.579. The topological polar surface area (TPSA) is 116 Å². The number of carboxylic acid groups (broad SMARTS) is 1. The van der Waals surface area contributed by atoms with Crippen LogP contribution < -0.4 is 10.1 Å². The van der Waals surface area contributed by atoms with Crippen LogP contribution in [0.1, 0.15) is 19.8 Å². The largest absolute Gasteiger partial charge is 0.497 e. The molecule has 0 radical (unpaired) electrons. The maximum atomic E-state index is 13.4. The van der Waals surface area contributed by atoms with Gasteiger partial charge >= 0.3 is 5.97 Å². The zero-order valence-corrected chi connectivity index (χ0v) is 17.4. The van der Waals surface area contributed by atoms with Gasteiger partial charge in [-0.3, -0.25) is 14.5 Å². The zero-order valence-electron chi connectivity index (χ0n) is 16.6. The fourth-order valence-electron chi connectivity index (χ4n) is 4.26. The Balaban J connectivity index is 1.88. The average molecular weight is 426 g/mol. The van der Waals surface area contributed by atoms with Crippen LogP contribution in [0.2, 0.25) is 0 Å². The first-order valence-corrected chi connectivity index (χ1v) is 11.1. The van der Waals surface area contributed by atoms with E-state index in [2.05, 4.69) is 5.32 Å². The van der Waals surface area contributed by atoms with Gasteiger partial charge in [0.25, 0.3) is 0 Å². The van der Waals surface area contributed by atoms with Crippen molar-refractivity contribution in [3.8, 4) is 5.75 Å². The number of methoxy groups -OCH3 is 1. The summed E-state index contributed by atoms with van der Waals surface area (Å²) in [5, 5.41) is 12.4. The van der Waals surface area contributed by atoms with Crippen molar-refractivity contribution in [2.45, 2.75) is 36.7 Å². The molecule has 0 bridgehead atoms. The third-order valence-electron chi connectivity index (χ3n) is 5.63. The van der Waals surface area contributed by atoms with Crippen LogP contribution in [0.4, 0.5) is 0 Å². The molecule has 2 saturated heterocycles. The van der Waals surface area contributed by atoms with E-state index in [1.54, 1.807) is 12.1 Å². The predicted molar refractivity (Wildman–Crippen MR) is 105 cm³/mol. The van der Waals surface area contributed by atoms with Crippen LogP contribution in [-0.2, 0) is 19.6 Å². The minimum absolute atomic E-state index is 0.0334. The number of sulfonamides is 1. The number of likely N-dealkylation sites (N-methyl/N-ethyl adjacent to an activating group) is 1. The highest BCUT2D eigenvalue weighted by Crippen LogP contribution is 2.39. The lowest BCUT2D eigenvalue weighted by Gasteiger charge is -2.38. The van der Waals surface area contributed by atoms with E-state index < -0.39 is 28.1 Å². The summed E-state index contributed by atoms with van der Waals surface area (Å²) in [6.07, 6.45) is 0.937. The van der Waals surface area contributed by atoms with Crippen molar-refractivity contribution in [1.82, 2.24) is 14.5 Å². The van der Waals surface area contributed by atoms with Gasteiger partial charge in [-0.05, 0) is 56.5 Å². The SMILES string of the molecule is CCNC(=O)CN1CC[C@H]2C[C@@H](C(=O)O)N(S(=O)(=O)c3ccc(OC)cc3)[C@H]2C1. The lowest BCUT2D eigenvalue weighted by molar-refractivity contribution is -0.141. The molecule has 9 nitrogen and oxygen atoms in total. The molecule has 0 aromatic heterocycles. The number of rotatable bonds is 7. The molecule has 0 saturated carbocycles. The van der Waals surface area contributed by atoms with Gasteiger partial charge in [0.05, 0.1) is 18.6 Å². The third-order valence-corrected chi connectivity index (χ3v) is 7.57. The number of nitrogens with one attached hydrogen (secondary N) is 1. The number of carbonyl (C=O) groups excluding carboxylic acids is 1. The van der Waals surface area contributed by atoms with Crippen molar-refractivity contribution in [3.63, 3.8) is 0 Å². The molecule has 2 fully saturated rings. The Hall–Kier alpha value is -2.17. The Morgan fingerprint density at radius 1 is 1.28 bits per heavy atom. The Morgan fingerprint density at radius 2 is 1.97 bits per heavy atom. The molecule has 1 amide bonds. The number of carboxylic acids is 1. The van der Waals surface area contributed by atoms with Crippen LogP contribution >= 0.6 is 0 Å². The van der Waals surface area contributed by atoms with Gasteiger partial charge in [0.1, 0.15) is 11.8 Å². The standard InChI is InChI=1S/C19H27N3O6S/c1-3-20-18(23)12-21-9-8-13-10-16(19(24)25)22(17(13)11-21)29(26,27)15-6-4-14(28-2)5-7-15/h4-7,13,16-17H,3,8-12H2,1-2H3,(H,20,23)(H,24,25)/t13-,16-,17-/m0/s1. The molecule has 1 aromatic carbocycles. The maximum absolute atomic E-state index is 13.4. The normalized spacial score (nSPS) is 25.4. The number of carbonyl (C=O) groups is 2. The highest BCUT2D eigenvalue weighted by Gasteiger charge is 2.52. The van der Waals surface area contributed by atoms with Crippen LogP contribution in [0.3, 0.4) is 0 Å². The number of amides is 1. The molecule has 2 aliphatic rings. The van der Waals surface area contributed by atoms with E-state index in [1.165, 1.54) is 19.2 Å². The van der Waals surface area contributed by atoms with Crippen molar-refractivity contribution in [1.29, 1.82) is 0 Å². The summed E-state index contributed by atoms with van der Waals surface area (Å²) in [6.45, 7) is 3.51. The second-order valence-corrected chi connectivity index (χ2v) is 9.25. The Bertz CT molecular complexity index is 857. The van der Waals surface area contributed by atoms with E-state index in [1.807, 2.05) is 11.8 Å². The smallest absolute Gasteiger partial charge is 0.322 e. The van der Waals surface area contributed by atoms with Crippen molar-refractivity contribution in [3.05, 3.63) is 24.3 Å². The van der Waals surface area contributed by atoms with Gasteiger partial charge in [-0.25, -0.2) is 8.42 Å². The number of likely N-dealkylation sites (tertiary alicyclic amines) is 1. The van der Waals surface area contributed by atoms with Gasteiger partial charge < -0.3 is 15.2 Å². The molecule has 160 valence electrons. The molecule has 29 heavy (non-hydrogen) atoms. The summed E-state index contributed by atoms with van der Waals surface area (Å²) in [4.78, 5) is 25.7. The van der Waals surface area contributed by atoms with Crippen LogP contribution in [0.5, 0.6) is 5.75 Å². The predicted octanol–water partition coefficient (Wildman–Crippen LogP) is 0.369. The molecular formula is C19H27N3O6S. The Kier molecular flexibility index (Phi) is 6.45. The molecule has 0 unspecified atom stereocenters. The fourth-order valence-corrected chi connectivity index (χ4v) is 6.09. The van der Waals surface area contributed by atoms with Gasteiger partial charge in [0.15, 0.2) is 0 Å². The first-order valence-electron chi connectivity index (χ1n) is 9.67. The number of piperidine rings is 1. The summed E-state index contributed by atoms with van der Waals surface area (Å²) in [5.74, 6) is -0.798. The lowest BCUT2D eigenvalue weighted by Crippen LogP contribution is -2.53. The molecule has 10 heteroatoms. The zero-order chi connectivity index (χ0) is 21.2. The van der Waals surface area contributed by atoms with Crippen LogP contribution in [0.15, 0.2) is 29.2 Å². The molecule has 2 heterocycles. The third kappa shape index (κ3) is 4.39. The Labute approximate surface area is 170 Å². The van der Waals surface area contributed by atoms with Crippen molar-refractivity contribution < 1.29 is 27.9 Å². The first-order chi connectivity index (χ1) is 13.8. The highest BCUT2D eigenvalue weighted by atomic mass is 32.2. The molecule has 0 aliphatic carbocycles. The maximum Gasteiger partial charge on any atom is 0.322 e. The number of ether oxygens (including phenoxy) is 1. The molecular weight excluding hydrogens is 398 g/mol. The molecule has 1 aromatic rings. The van der Waals surface area contributed by atoms with E-state index >= 15 is 0 Å². The summed E-state index contributed by atoms with van der Waals surface area (Å²) >= 11 is 0. The number of fused-ring (bicyclic) bond motifs is 1. The number of hydrogen-bond acceptors (Lipinski definition) is 6. The van der Waals surface area contributed by atoms with Crippen LogP contribution in [0.25, 0.3) is 0 Å². The second kappa shape index (κ2) is 8.68. The molecule has 2 N–H and O–H groups in total. The van der Waals surface area contributed by atoms with Gasteiger partial charge in [-0.2, -0.15) is 4.31 Å². The number of benzene rings is 1.